The molecule has 1 rings (SSSR count). The lowest BCUT2D eigenvalue weighted by atomic mass is 9.93. The summed E-state index contributed by atoms with van der Waals surface area (Å²) >= 11 is 4.27. The maximum absolute atomic E-state index is 10.7. The smallest absolute Gasteiger partial charge is 0.121 e. The Morgan fingerprint density at radius 3 is 1.40 bits per heavy atom. The molecule has 0 heterocycles. The van der Waals surface area contributed by atoms with Gasteiger partial charge >= 0.3 is 0 Å². The molecule has 204 valence electrons. The second-order valence-electron chi connectivity index (χ2n) is 10.5. The minimum atomic E-state index is 0.556. The van der Waals surface area contributed by atoms with Crippen molar-refractivity contribution in [1.82, 2.24) is 0 Å². The number of phenols is 1. The molecule has 0 spiro atoms. The minimum absolute atomic E-state index is 0.556. The van der Waals surface area contributed by atoms with Gasteiger partial charge in [0.15, 0.2) is 0 Å². The molecule has 1 aromatic rings. The molecule has 1 aromatic carbocycles. The molecule has 0 bridgehead atoms. The van der Waals surface area contributed by atoms with Crippen LogP contribution in [0.2, 0.25) is 0 Å². The molecular formula is C32H58OS2. The number of hydrogen-bond donors (Lipinski definition) is 1. The summed E-state index contributed by atoms with van der Waals surface area (Å²) in [6.45, 7) is 8.87. The fraction of sp³-hybridized carbons (Fsp3) is 0.812. The summed E-state index contributed by atoms with van der Waals surface area (Å²) in [5.41, 5.74) is 5.06. The van der Waals surface area contributed by atoms with Gasteiger partial charge in [0.2, 0.25) is 0 Å². The van der Waals surface area contributed by atoms with Gasteiger partial charge in [0.25, 0.3) is 0 Å². The van der Waals surface area contributed by atoms with Gasteiger partial charge in [-0.2, -0.15) is 23.5 Å². The Morgan fingerprint density at radius 2 is 0.914 bits per heavy atom. The molecule has 0 atom stereocenters. The van der Waals surface area contributed by atoms with E-state index in [-0.39, 0.29) is 0 Å². The Morgan fingerprint density at radius 1 is 0.514 bits per heavy atom. The van der Waals surface area contributed by atoms with Crippen molar-refractivity contribution in [2.24, 2.45) is 0 Å². The fourth-order valence-corrected chi connectivity index (χ4v) is 6.75. The first kappa shape index (κ1) is 32.7. The van der Waals surface area contributed by atoms with E-state index in [4.69, 9.17) is 0 Å². The molecule has 0 aliphatic carbocycles. The van der Waals surface area contributed by atoms with E-state index in [1.54, 1.807) is 0 Å². The van der Waals surface area contributed by atoms with Crippen LogP contribution in [-0.2, 0) is 12.8 Å². The number of rotatable bonds is 24. The number of benzene rings is 1. The van der Waals surface area contributed by atoms with E-state index in [1.807, 2.05) is 0 Å². The van der Waals surface area contributed by atoms with Gasteiger partial charge in [-0.15, -0.1) is 0 Å². The van der Waals surface area contributed by atoms with Crippen molar-refractivity contribution in [3.05, 3.63) is 28.3 Å². The highest BCUT2D eigenvalue weighted by Crippen LogP contribution is 2.30. The van der Waals surface area contributed by atoms with Gasteiger partial charge in [0.1, 0.15) is 5.75 Å². The molecule has 0 fully saturated rings. The van der Waals surface area contributed by atoms with Crippen LogP contribution in [-0.4, -0.2) is 28.1 Å². The van der Waals surface area contributed by atoms with Crippen LogP contribution in [0.3, 0.4) is 0 Å². The number of aromatic hydroxyl groups is 1. The summed E-state index contributed by atoms with van der Waals surface area (Å²) in [7, 11) is 0. The highest BCUT2D eigenvalue weighted by atomic mass is 32.2. The Kier molecular flexibility index (Phi) is 21.4. The lowest BCUT2D eigenvalue weighted by Gasteiger charge is -2.15. The van der Waals surface area contributed by atoms with Crippen LogP contribution in [0.25, 0.3) is 0 Å². The van der Waals surface area contributed by atoms with Crippen LogP contribution in [0.4, 0.5) is 0 Å². The van der Waals surface area contributed by atoms with Crippen molar-refractivity contribution in [1.29, 1.82) is 0 Å². The van der Waals surface area contributed by atoms with E-state index >= 15 is 0 Å². The molecule has 0 saturated carbocycles. The zero-order chi connectivity index (χ0) is 25.6. The molecule has 3 heteroatoms. The lowest BCUT2D eigenvalue weighted by molar-refractivity contribution is 0.461. The number of hydrogen-bond acceptors (Lipinski definition) is 3. The molecule has 1 N–H and O–H groups in total. The van der Waals surface area contributed by atoms with Gasteiger partial charge in [-0.25, -0.2) is 0 Å². The van der Waals surface area contributed by atoms with Gasteiger partial charge in [-0.3, -0.25) is 0 Å². The quantitative estimate of drug-likeness (QED) is 0.136. The normalized spacial score (nSPS) is 11.4. The molecule has 35 heavy (non-hydrogen) atoms. The van der Waals surface area contributed by atoms with Crippen molar-refractivity contribution in [2.45, 2.75) is 143 Å². The zero-order valence-corrected chi connectivity index (χ0v) is 25.5. The lowest BCUT2D eigenvalue weighted by Crippen LogP contribution is -1.99. The molecule has 1 nitrogen and oxygen atoms in total. The Bertz CT molecular complexity index is 578. The van der Waals surface area contributed by atoms with Gasteiger partial charge in [0, 0.05) is 0 Å². The van der Waals surface area contributed by atoms with Crippen LogP contribution in [0, 0.1) is 13.8 Å². The summed E-state index contributed by atoms with van der Waals surface area (Å²) in [6, 6.07) is 2.32. The molecule has 0 saturated heterocycles. The third kappa shape index (κ3) is 16.2. The van der Waals surface area contributed by atoms with Gasteiger partial charge in [-0.1, -0.05) is 84.1 Å². The maximum Gasteiger partial charge on any atom is 0.121 e. The summed E-state index contributed by atoms with van der Waals surface area (Å²) in [5.74, 6) is 5.78. The van der Waals surface area contributed by atoms with Crippen LogP contribution in [0.5, 0.6) is 5.75 Å². The zero-order valence-electron chi connectivity index (χ0n) is 23.9. The molecule has 0 unspecified atom stereocenters. The molecule has 0 amide bonds. The average Bonchev–Trinajstić information content (AvgIpc) is 2.86. The SMILES string of the molecule is CCCCCCCCSCCCCc1cc(CCCCSCCCCCCCC)c(O)c(C)c1C. The van der Waals surface area contributed by atoms with E-state index in [1.165, 1.54) is 142 Å². The van der Waals surface area contributed by atoms with E-state index in [2.05, 4.69) is 57.3 Å². The Balaban J connectivity index is 2.20. The predicted molar refractivity (Wildman–Crippen MR) is 165 cm³/mol. The first-order valence-corrected chi connectivity index (χ1v) is 17.4. The van der Waals surface area contributed by atoms with E-state index in [0.29, 0.717) is 5.75 Å². The van der Waals surface area contributed by atoms with Crippen LogP contribution in [0.1, 0.15) is 139 Å². The van der Waals surface area contributed by atoms with E-state index in [0.717, 1.165) is 18.4 Å². The molecule has 0 aromatic heterocycles. The molecule has 0 aliphatic heterocycles. The first-order chi connectivity index (χ1) is 17.1. The number of unbranched alkanes of at least 4 members (excludes halogenated alkanes) is 12. The number of thioether (sulfide) groups is 2. The summed E-state index contributed by atoms with van der Waals surface area (Å²) in [6.07, 6.45) is 24.0. The Labute approximate surface area is 228 Å². The monoisotopic (exact) mass is 522 g/mol. The van der Waals surface area contributed by atoms with Crippen LogP contribution >= 0.6 is 23.5 Å². The van der Waals surface area contributed by atoms with Crippen molar-refractivity contribution in [2.75, 3.05) is 23.0 Å². The Hall–Kier alpha value is -0.280. The van der Waals surface area contributed by atoms with Crippen molar-refractivity contribution in [3.8, 4) is 5.75 Å². The van der Waals surface area contributed by atoms with Gasteiger partial charge in [0.05, 0.1) is 0 Å². The number of phenolic OH excluding ortho intramolecular Hbond substituents is 1. The maximum atomic E-state index is 10.7. The largest absolute Gasteiger partial charge is 0.507 e. The van der Waals surface area contributed by atoms with E-state index < -0.39 is 0 Å². The van der Waals surface area contributed by atoms with Crippen molar-refractivity contribution < 1.29 is 5.11 Å². The molecule has 0 aliphatic rings. The second-order valence-corrected chi connectivity index (χ2v) is 12.9. The minimum Gasteiger partial charge on any atom is -0.507 e. The molecular weight excluding hydrogens is 464 g/mol. The summed E-state index contributed by atoms with van der Waals surface area (Å²) in [4.78, 5) is 0. The van der Waals surface area contributed by atoms with E-state index in [9.17, 15) is 5.11 Å². The summed E-state index contributed by atoms with van der Waals surface area (Å²) < 4.78 is 0. The topological polar surface area (TPSA) is 20.2 Å². The third-order valence-corrected chi connectivity index (χ3v) is 9.62. The first-order valence-electron chi connectivity index (χ1n) is 15.1. The van der Waals surface area contributed by atoms with Crippen LogP contribution < -0.4 is 0 Å². The van der Waals surface area contributed by atoms with Gasteiger partial charge < -0.3 is 5.11 Å². The summed E-state index contributed by atoms with van der Waals surface area (Å²) in [5, 5.41) is 10.7. The van der Waals surface area contributed by atoms with Crippen LogP contribution in [0.15, 0.2) is 6.07 Å². The highest BCUT2D eigenvalue weighted by molar-refractivity contribution is 7.99. The predicted octanol–water partition coefficient (Wildman–Crippen LogP) is 10.8. The standard InChI is InChI=1S/C32H58OS2/c1-5-7-9-11-13-17-23-34-25-19-15-21-30-27-31(32(33)29(4)28(30)3)22-16-20-26-35-24-18-14-12-10-8-6-2/h27,33H,5-26H2,1-4H3. The van der Waals surface area contributed by atoms with Crippen molar-refractivity contribution >= 4 is 23.5 Å². The molecule has 0 radical (unpaired) electrons. The van der Waals surface area contributed by atoms with Crippen molar-refractivity contribution in [3.63, 3.8) is 0 Å². The fourth-order valence-electron chi connectivity index (χ4n) is 4.71. The third-order valence-electron chi connectivity index (χ3n) is 7.31. The number of aryl methyl sites for hydroxylation is 2. The second kappa shape index (κ2) is 22.9. The highest BCUT2D eigenvalue weighted by Gasteiger charge is 2.11. The average molecular weight is 523 g/mol. The van der Waals surface area contributed by atoms with Gasteiger partial charge in [-0.05, 0) is 110 Å².